The maximum atomic E-state index is 13.0. The highest BCUT2D eigenvalue weighted by molar-refractivity contribution is 5.99. The van der Waals surface area contributed by atoms with Gasteiger partial charge in [0.25, 0.3) is 5.91 Å². The highest BCUT2D eigenvalue weighted by atomic mass is 16.6. The van der Waals surface area contributed by atoms with Crippen molar-refractivity contribution >= 4 is 17.9 Å². The molecule has 0 aliphatic carbocycles. The Hall–Kier alpha value is -4.94. The number of nitrogens with one attached hydrogen (secondary N) is 1. The zero-order valence-electron chi connectivity index (χ0n) is 18.4. The average molecular weight is 464 g/mol. The van der Waals surface area contributed by atoms with Crippen LogP contribution in [0.25, 0.3) is 17.1 Å². The number of carbonyl (C=O) groups is 1. The van der Waals surface area contributed by atoms with Gasteiger partial charge in [-0.2, -0.15) is 9.78 Å². The van der Waals surface area contributed by atoms with Gasteiger partial charge in [0.15, 0.2) is 17.2 Å². The molecule has 2 aromatic heterocycles. The fourth-order valence-corrected chi connectivity index (χ4v) is 3.18. The van der Waals surface area contributed by atoms with E-state index in [1.54, 1.807) is 42.5 Å². The number of ether oxygens (including phenoxy) is 3. The van der Waals surface area contributed by atoms with E-state index in [-0.39, 0.29) is 23.0 Å². The third-order valence-corrected chi connectivity index (χ3v) is 4.73. The third-order valence-electron chi connectivity index (χ3n) is 4.73. The average Bonchev–Trinajstić information content (AvgIpc) is 3.49. The van der Waals surface area contributed by atoms with Crippen LogP contribution in [0.1, 0.15) is 16.1 Å². The zero-order valence-corrected chi connectivity index (χ0v) is 18.4. The topological polar surface area (TPSA) is 165 Å². The van der Waals surface area contributed by atoms with Crippen molar-refractivity contribution in [3.05, 3.63) is 53.7 Å². The van der Waals surface area contributed by atoms with Gasteiger partial charge in [0.05, 0.1) is 27.5 Å². The molecule has 34 heavy (non-hydrogen) atoms. The Labute approximate surface area is 193 Å². The fourth-order valence-electron chi connectivity index (χ4n) is 3.18. The minimum atomic E-state index is -0.628. The summed E-state index contributed by atoms with van der Waals surface area (Å²) in [6.07, 6.45) is 1.43. The number of amides is 1. The van der Waals surface area contributed by atoms with E-state index in [1.165, 1.54) is 32.2 Å². The van der Waals surface area contributed by atoms with E-state index in [0.717, 1.165) is 0 Å². The molecule has 0 fully saturated rings. The SMILES string of the molecule is COc1cccc(-c2c(C(=O)NN=Cc3cccc(OC)c3OC)nnn2-c2nonc2N)c1. The molecule has 174 valence electrons. The molecule has 0 radical (unpaired) electrons. The number of para-hydroxylation sites is 1. The molecule has 0 unspecified atom stereocenters. The lowest BCUT2D eigenvalue weighted by atomic mass is 10.1. The number of hydrazone groups is 1. The molecule has 2 heterocycles. The summed E-state index contributed by atoms with van der Waals surface area (Å²) in [5, 5.41) is 19.4. The molecule has 0 atom stereocenters. The molecule has 0 saturated heterocycles. The van der Waals surface area contributed by atoms with Gasteiger partial charge in [0.2, 0.25) is 11.6 Å². The second-order valence-electron chi connectivity index (χ2n) is 6.69. The van der Waals surface area contributed by atoms with Crippen LogP contribution in [-0.2, 0) is 0 Å². The van der Waals surface area contributed by atoms with Crippen LogP contribution >= 0.6 is 0 Å². The lowest BCUT2D eigenvalue weighted by Crippen LogP contribution is -2.19. The van der Waals surface area contributed by atoms with Crippen LogP contribution in [0.2, 0.25) is 0 Å². The van der Waals surface area contributed by atoms with E-state index >= 15 is 0 Å². The molecule has 3 N–H and O–H groups in total. The van der Waals surface area contributed by atoms with Gasteiger partial charge in [0, 0.05) is 11.1 Å². The Bertz CT molecular complexity index is 1350. The number of carbonyl (C=O) groups excluding carboxylic acids is 1. The van der Waals surface area contributed by atoms with Crippen molar-refractivity contribution in [3.63, 3.8) is 0 Å². The van der Waals surface area contributed by atoms with Gasteiger partial charge < -0.3 is 19.9 Å². The molecule has 0 aliphatic rings. The molecule has 1 amide bonds. The van der Waals surface area contributed by atoms with E-state index in [4.69, 9.17) is 19.9 Å². The standard InChI is InChI=1S/C21H20N8O5/c1-31-14-8-4-6-12(10-14)17-16(24-28-29(17)20-19(22)26-34-27-20)21(30)25-23-11-13-7-5-9-15(32-2)18(13)33-3/h4-11H,1-3H3,(H2,22,26)(H,25,30). The van der Waals surface area contributed by atoms with Gasteiger partial charge in [-0.05, 0) is 34.6 Å². The molecule has 13 heteroatoms. The van der Waals surface area contributed by atoms with Crippen molar-refractivity contribution < 1.29 is 23.6 Å². The number of methoxy groups -OCH3 is 3. The van der Waals surface area contributed by atoms with Crippen LogP contribution in [0.4, 0.5) is 5.82 Å². The van der Waals surface area contributed by atoms with Crippen molar-refractivity contribution in [2.24, 2.45) is 5.10 Å². The summed E-state index contributed by atoms with van der Waals surface area (Å²) in [5.41, 5.74) is 9.69. The Morgan fingerprint density at radius 2 is 1.94 bits per heavy atom. The Balaban J connectivity index is 1.69. The largest absolute Gasteiger partial charge is 0.497 e. The predicted molar refractivity (Wildman–Crippen MR) is 120 cm³/mol. The second-order valence-corrected chi connectivity index (χ2v) is 6.69. The molecular formula is C21H20N8O5. The zero-order chi connectivity index (χ0) is 24.1. The number of aromatic nitrogens is 5. The van der Waals surface area contributed by atoms with Gasteiger partial charge in [-0.25, -0.2) is 10.1 Å². The van der Waals surface area contributed by atoms with E-state index in [0.29, 0.717) is 28.4 Å². The smallest absolute Gasteiger partial charge is 0.294 e. The predicted octanol–water partition coefficient (Wildman–Crippen LogP) is 1.69. The van der Waals surface area contributed by atoms with Crippen molar-refractivity contribution in [3.8, 4) is 34.3 Å². The van der Waals surface area contributed by atoms with Gasteiger partial charge in [-0.3, -0.25) is 4.79 Å². The number of benzene rings is 2. The molecule has 0 saturated carbocycles. The summed E-state index contributed by atoms with van der Waals surface area (Å²) >= 11 is 0. The maximum absolute atomic E-state index is 13.0. The van der Waals surface area contributed by atoms with Gasteiger partial charge in [0.1, 0.15) is 11.4 Å². The first-order valence-corrected chi connectivity index (χ1v) is 9.80. The third kappa shape index (κ3) is 4.21. The van der Waals surface area contributed by atoms with Crippen LogP contribution in [0, 0.1) is 0 Å². The minimum Gasteiger partial charge on any atom is -0.497 e. The fraction of sp³-hybridized carbons (Fsp3) is 0.143. The number of nitrogen functional groups attached to an aromatic ring is 1. The number of nitrogens with two attached hydrogens (primary N) is 1. The molecule has 0 aliphatic heterocycles. The number of hydrogen-bond acceptors (Lipinski definition) is 11. The molecule has 4 rings (SSSR count). The highest BCUT2D eigenvalue weighted by Crippen LogP contribution is 2.30. The molecule has 4 aromatic rings. The normalized spacial score (nSPS) is 10.9. The van der Waals surface area contributed by atoms with E-state index in [9.17, 15) is 4.79 Å². The Kier molecular flexibility index (Phi) is 6.34. The van der Waals surface area contributed by atoms with Gasteiger partial charge in [-0.15, -0.1) is 5.10 Å². The molecule has 13 nitrogen and oxygen atoms in total. The Morgan fingerprint density at radius 3 is 2.65 bits per heavy atom. The lowest BCUT2D eigenvalue weighted by molar-refractivity contribution is 0.0950. The van der Waals surface area contributed by atoms with Crippen LogP contribution in [-0.4, -0.2) is 58.8 Å². The Morgan fingerprint density at radius 1 is 1.12 bits per heavy atom. The monoisotopic (exact) mass is 464 g/mol. The number of nitrogens with zero attached hydrogens (tertiary/aromatic N) is 6. The summed E-state index contributed by atoms with van der Waals surface area (Å²) in [7, 11) is 4.57. The molecule has 0 bridgehead atoms. The van der Waals surface area contributed by atoms with Gasteiger partial charge >= 0.3 is 0 Å². The van der Waals surface area contributed by atoms with Crippen LogP contribution in [0.15, 0.2) is 52.2 Å². The molecule has 0 spiro atoms. The van der Waals surface area contributed by atoms with Crippen molar-refractivity contribution in [1.82, 2.24) is 30.7 Å². The maximum Gasteiger partial charge on any atom is 0.294 e. The van der Waals surface area contributed by atoms with E-state index in [1.807, 2.05) is 0 Å². The summed E-state index contributed by atoms with van der Waals surface area (Å²) in [4.78, 5) is 13.0. The van der Waals surface area contributed by atoms with Crippen molar-refractivity contribution in [1.29, 1.82) is 0 Å². The van der Waals surface area contributed by atoms with Crippen LogP contribution in [0.3, 0.4) is 0 Å². The summed E-state index contributed by atoms with van der Waals surface area (Å²) < 4.78 is 21.9. The molecular weight excluding hydrogens is 444 g/mol. The summed E-state index contributed by atoms with van der Waals surface area (Å²) in [6, 6.07) is 12.3. The summed E-state index contributed by atoms with van der Waals surface area (Å²) in [6.45, 7) is 0. The highest BCUT2D eigenvalue weighted by Gasteiger charge is 2.25. The van der Waals surface area contributed by atoms with Gasteiger partial charge in [-0.1, -0.05) is 23.4 Å². The van der Waals surface area contributed by atoms with Crippen molar-refractivity contribution in [2.75, 3.05) is 27.1 Å². The quantitative estimate of drug-likeness (QED) is 0.289. The van der Waals surface area contributed by atoms with Crippen LogP contribution in [0.5, 0.6) is 17.2 Å². The van der Waals surface area contributed by atoms with E-state index < -0.39 is 5.91 Å². The van der Waals surface area contributed by atoms with Crippen molar-refractivity contribution in [2.45, 2.75) is 0 Å². The first-order valence-electron chi connectivity index (χ1n) is 9.80. The first-order chi connectivity index (χ1) is 16.6. The number of rotatable bonds is 8. The molecule has 2 aromatic carbocycles. The lowest BCUT2D eigenvalue weighted by Gasteiger charge is -2.09. The van der Waals surface area contributed by atoms with Crippen LogP contribution < -0.4 is 25.4 Å². The summed E-state index contributed by atoms with van der Waals surface area (Å²) in [5.74, 6) is 0.987. The van der Waals surface area contributed by atoms with E-state index in [2.05, 4.69) is 35.8 Å². The second kappa shape index (κ2) is 9.68. The number of hydrogen-bond donors (Lipinski definition) is 2. The first kappa shape index (κ1) is 22.3. The minimum absolute atomic E-state index is 0.0239. The number of anilines is 1.